The highest BCUT2D eigenvalue weighted by Gasteiger charge is 2.03. The molecule has 5 heteroatoms. The molecule has 0 atom stereocenters. The summed E-state index contributed by atoms with van der Waals surface area (Å²) in [5.41, 5.74) is 0. The maximum atomic E-state index is 11.7. The fourth-order valence-corrected chi connectivity index (χ4v) is 2.11. The number of nitrogens with one attached hydrogen (secondary N) is 1. The van der Waals surface area contributed by atoms with Gasteiger partial charge >= 0.3 is 0 Å². The Morgan fingerprint density at radius 3 is 2.54 bits per heavy atom. The first-order valence-electron chi connectivity index (χ1n) is 8.36. The highest BCUT2D eigenvalue weighted by Crippen LogP contribution is 2.22. The summed E-state index contributed by atoms with van der Waals surface area (Å²) in [7, 11) is 0. The zero-order valence-corrected chi connectivity index (χ0v) is 14.0. The van der Waals surface area contributed by atoms with Gasteiger partial charge in [0.05, 0.1) is 0 Å². The minimum Gasteiger partial charge on any atom is -0.484 e. The number of nitrogens with zero attached hydrogens (tertiary/aromatic N) is 1. The van der Waals surface area contributed by atoms with Crippen molar-refractivity contribution in [2.45, 2.75) is 32.6 Å². The maximum Gasteiger partial charge on any atom is 0.257 e. The molecule has 1 aromatic heterocycles. The van der Waals surface area contributed by atoms with Crippen LogP contribution in [0.3, 0.4) is 0 Å². The van der Waals surface area contributed by atoms with E-state index in [1.165, 1.54) is 12.8 Å². The normalized spacial score (nSPS) is 10.2. The Kier molecular flexibility index (Phi) is 7.60. The molecule has 0 aliphatic carbocycles. The fraction of sp³-hybridized carbons (Fsp3) is 0.368. The van der Waals surface area contributed by atoms with Crippen molar-refractivity contribution in [3.05, 3.63) is 48.7 Å². The number of carbonyl (C=O) groups is 1. The SMILES string of the molecule is CCCCCCNC(=O)COc1ccc(Oc2ccccn2)cc1. The van der Waals surface area contributed by atoms with Gasteiger partial charge in [-0.25, -0.2) is 4.98 Å². The summed E-state index contributed by atoms with van der Waals surface area (Å²) in [6, 6.07) is 12.6. The number of unbranched alkanes of at least 4 members (excludes halogenated alkanes) is 3. The smallest absolute Gasteiger partial charge is 0.257 e. The summed E-state index contributed by atoms with van der Waals surface area (Å²) in [6.45, 7) is 2.90. The van der Waals surface area contributed by atoms with Crippen molar-refractivity contribution in [2.75, 3.05) is 13.2 Å². The number of rotatable bonds is 10. The summed E-state index contributed by atoms with van der Waals surface area (Å²) in [4.78, 5) is 15.8. The molecular formula is C19H24N2O3. The molecule has 0 unspecified atom stereocenters. The minimum atomic E-state index is -0.0969. The van der Waals surface area contributed by atoms with Crippen molar-refractivity contribution in [1.82, 2.24) is 10.3 Å². The standard InChI is InChI=1S/C19H24N2O3/c1-2-3-4-6-13-20-18(22)15-23-16-9-11-17(12-10-16)24-19-8-5-7-14-21-19/h5,7-12,14H,2-4,6,13,15H2,1H3,(H,20,22). The maximum absolute atomic E-state index is 11.7. The van der Waals surface area contributed by atoms with Crippen molar-refractivity contribution >= 4 is 5.91 Å². The van der Waals surface area contributed by atoms with Gasteiger partial charge in [-0.1, -0.05) is 32.3 Å². The lowest BCUT2D eigenvalue weighted by Gasteiger charge is -2.08. The number of amides is 1. The first kappa shape index (κ1) is 17.8. The van der Waals surface area contributed by atoms with Crippen molar-refractivity contribution in [3.8, 4) is 17.4 Å². The van der Waals surface area contributed by atoms with Gasteiger partial charge < -0.3 is 14.8 Å². The lowest BCUT2D eigenvalue weighted by Crippen LogP contribution is -2.29. The van der Waals surface area contributed by atoms with E-state index in [9.17, 15) is 4.79 Å². The van der Waals surface area contributed by atoms with E-state index in [0.29, 0.717) is 23.9 Å². The van der Waals surface area contributed by atoms with E-state index in [2.05, 4.69) is 17.2 Å². The lowest BCUT2D eigenvalue weighted by molar-refractivity contribution is -0.123. The van der Waals surface area contributed by atoms with Gasteiger partial charge in [-0.3, -0.25) is 4.79 Å². The van der Waals surface area contributed by atoms with Gasteiger partial charge in [-0.05, 0) is 36.8 Å². The van der Waals surface area contributed by atoms with Crippen LogP contribution in [0.2, 0.25) is 0 Å². The van der Waals surface area contributed by atoms with Gasteiger partial charge in [0.1, 0.15) is 11.5 Å². The number of ether oxygens (including phenoxy) is 2. The van der Waals surface area contributed by atoms with Gasteiger partial charge in [0.25, 0.3) is 5.91 Å². The van der Waals surface area contributed by atoms with Gasteiger partial charge in [-0.2, -0.15) is 0 Å². The van der Waals surface area contributed by atoms with E-state index in [1.54, 1.807) is 36.5 Å². The van der Waals surface area contributed by atoms with E-state index in [-0.39, 0.29) is 12.5 Å². The molecule has 0 fully saturated rings. The molecular weight excluding hydrogens is 304 g/mol. The van der Waals surface area contributed by atoms with Crippen molar-refractivity contribution in [2.24, 2.45) is 0 Å². The molecule has 0 aliphatic heterocycles. The van der Waals surface area contributed by atoms with Crippen molar-refractivity contribution in [3.63, 3.8) is 0 Å². The number of hydrogen-bond donors (Lipinski definition) is 1. The third-order valence-electron chi connectivity index (χ3n) is 3.41. The van der Waals surface area contributed by atoms with E-state index in [4.69, 9.17) is 9.47 Å². The zero-order valence-electron chi connectivity index (χ0n) is 14.0. The Bertz CT molecular complexity index is 600. The molecule has 1 N–H and O–H groups in total. The molecule has 0 saturated heterocycles. The van der Waals surface area contributed by atoms with E-state index in [0.717, 1.165) is 12.8 Å². The molecule has 1 heterocycles. The highest BCUT2D eigenvalue weighted by atomic mass is 16.5. The topological polar surface area (TPSA) is 60.5 Å². The third-order valence-corrected chi connectivity index (χ3v) is 3.41. The van der Waals surface area contributed by atoms with Crippen molar-refractivity contribution < 1.29 is 14.3 Å². The second-order valence-electron chi connectivity index (χ2n) is 5.44. The summed E-state index contributed by atoms with van der Waals surface area (Å²) >= 11 is 0. The van der Waals surface area contributed by atoms with Crippen LogP contribution in [0.25, 0.3) is 0 Å². The molecule has 24 heavy (non-hydrogen) atoms. The van der Waals surface area contributed by atoms with Crippen LogP contribution in [0.15, 0.2) is 48.7 Å². The van der Waals surface area contributed by atoms with E-state index < -0.39 is 0 Å². The zero-order chi connectivity index (χ0) is 17.0. The third kappa shape index (κ3) is 6.69. The Morgan fingerprint density at radius 1 is 1.04 bits per heavy atom. The predicted molar refractivity (Wildman–Crippen MR) is 93.4 cm³/mol. The van der Waals surface area contributed by atoms with Gasteiger partial charge in [0, 0.05) is 18.8 Å². The Morgan fingerprint density at radius 2 is 1.83 bits per heavy atom. The molecule has 0 radical (unpaired) electrons. The highest BCUT2D eigenvalue weighted by molar-refractivity contribution is 5.77. The van der Waals surface area contributed by atoms with Crippen LogP contribution < -0.4 is 14.8 Å². The summed E-state index contributed by atoms with van der Waals surface area (Å²) < 4.78 is 11.1. The molecule has 0 aliphatic rings. The number of hydrogen-bond acceptors (Lipinski definition) is 4. The van der Waals surface area contributed by atoms with Gasteiger partial charge in [0.15, 0.2) is 6.61 Å². The number of pyridine rings is 1. The molecule has 2 rings (SSSR count). The van der Waals surface area contributed by atoms with Gasteiger partial charge in [0.2, 0.25) is 5.88 Å². The number of aromatic nitrogens is 1. The molecule has 1 amide bonds. The van der Waals surface area contributed by atoms with Crippen LogP contribution >= 0.6 is 0 Å². The molecule has 128 valence electrons. The quantitative estimate of drug-likeness (QED) is 0.671. The summed E-state index contributed by atoms with van der Waals surface area (Å²) in [5.74, 6) is 1.74. The molecule has 2 aromatic rings. The predicted octanol–water partition coefficient (Wildman–Crippen LogP) is 3.95. The van der Waals surface area contributed by atoms with Crippen LogP contribution in [0.1, 0.15) is 32.6 Å². The monoisotopic (exact) mass is 328 g/mol. The second kappa shape index (κ2) is 10.3. The van der Waals surface area contributed by atoms with Crippen LogP contribution in [0.4, 0.5) is 0 Å². The summed E-state index contributed by atoms with van der Waals surface area (Å²) in [5, 5.41) is 2.86. The van der Waals surface area contributed by atoms with E-state index in [1.807, 2.05) is 12.1 Å². The lowest BCUT2D eigenvalue weighted by atomic mass is 10.2. The average molecular weight is 328 g/mol. The molecule has 5 nitrogen and oxygen atoms in total. The average Bonchev–Trinajstić information content (AvgIpc) is 2.62. The second-order valence-corrected chi connectivity index (χ2v) is 5.44. The first-order chi connectivity index (χ1) is 11.8. The Balaban J connectivity index is 1.69. The Hall–Kier alpha value is -2.56. The van der Waals surface area contributed by atoms with Crippen LogP contribution in [-0.4, -0.2) is 24.0 Å². The molecule has 0 spiro atoms. The van der Waals surface area contributed by atoms with Crippen LogP contribution in [-0.2, 0) is 4.79 Å². The molecule has 0 bridgehead atoms. The van der Waals surface area contributed by atoms with E-state index >= 15 is 0 Å². The fourth-order valence-electron chi connectivity index (χ4n) is 2.11. The minimum absolute atomic E-state index is 0.0220. The number of benzene rings is 1. The summed E-state index contributed by atoms with van der Waals surface area (Å²) in [6.07, 6.45) is 6.23. The van der Waals surface area contributed by atoms with Crippen LogP contribution in [0.5, 0.6) is 17.4 Å². The molecule has 0 saturated carbocycles. The van der Waals surface area contributed by atoms with Gasteiger partial charge in [-0.15, -0.1) is 0 Å². The van der Waals surface area contributed by atoms with Crippen molar-refractivity contribution in [1.29, 1.82) is 0 Å². The Labute approximate surface area is 143 Å². The van der Waals surface area contributed by atoms with Crippen LogP contribution in [0, 0.1) is 0 Å². The largest absolute Gasteiger partial charge is 0.484 e. The first-order valence-corrected chi connectivity index (χ1v) is 8.36. The number of carbonyl (C=O) groups excluding carboxylic acids is 1. The molecule has 1 aromatic carbocycles.